The number of rotatable bonds is 6. The van der Waals surface area contributed by atoms with Crippen LogP contribution in [-0.4, -0.2) is 21.8 Å². The van der Waals surface area contributed by atoms with Gasteiger partial charge in [-0.3, -0.25) is 14.0 Å². The Morgan fingerprint density at radius 2 is 1.93 bits per heavy atom. The van der Waals surface area contributed by atoms with E-state index in [0.717, 1.165) is 12.0 Å². The summed E-state index contributed by atoms with van der Waals surface area (Å²) in [6.07, 6.45) is 3.17. The van der Waals surface area contributed by atoms with E-state index in [-0.39, 0.29) is 11.5 Å². The number of nitrogens with zero attached hydrogens (tertiary/aromatic N) is 3. The number of benzene rings is 1. The van der Waals surface area contributed by atoms with Gasteiger partial charge < -0.3 is 11.1 Å². The minimum Gasteiger partial charge on any atom is -0.351 e. The Morgan fingerprint density at radius 1 is 1.17 bits per heavy atom. The van der Waals surface area contributed by atoms with Crippen LogP contribution in [0.15, 0.2) is 65.6 Å². The number of carbonyl (C=O) groups is 1. The molecule has 0 aliphatic carbocycles. The zero-order valence-corrected chi connectivity index (χ0v) is 16.8. The molecule has 1 amide bonds. The van der Waals surface area contributed by atoms with Crippen LogP contribution in [0.1, 0.15) is 29.3 Å². The van der Waals surface area contributed by atoms with Gasteiger partial charge in [-0.15, -0.1) is 0 Å². The second-order valence-electron chi connectivity index (χ2n) is 7.17. The average Bonchev–Trinajstić information content (AvgIpc) is 2.77. The van der Waals surface area contributed by atoms with Crippen molar-refractivity contribution in [2.24, 2.45) is 0 Å². The first-order chi connectivity index (χ1) is 14.6. The largest absolute Gasteiger partial charge is 0.351 e. The van der Waals surface area contributed by atoms with Crippen LogP contribution in [0.3, 0.4) is 0 Å². The lowest BCUT2D eigenvalue weighted by molar-refractivity contribution is -0.658. The van der Waals surface area contributed by atoms with E-state index in [4.69, 9.17) is 5.73 Å². The SMILES string of the molecule is CCC[n+]1c(N)c(C(=O)NCCc2ccccc2)cc2c(=O)n3ccccc3nc21. The first-order valence-electron chi connectivity index (χ1n) is 10.1. The fourth-order valence-electron chi connectivity index (χ4n) is 3.59. The molecule has 7 heteroatoms. The highest BCUT2D eigenvalue weighted by atomic mass is 16.1. The molecule has 0 fully saturated rings. The molecule has 3 N–H and O–H groups in total. The maximum absolute atomic E-state index is 13.1. The molecule has 4 aromatic rings. The van der Waals surface area contributed by atoms with Crippen molar-refractivity contribution in [3.8, 4) is 0 Å². The maximum atomic E-state index is 13.1. The normalized spacial score (nSPS) is 11.1. The second kappa shape index (κ2) is 8.32. The van der Waals surface area contributed by atoms with Gasteiger partial charge in [-0.25, -0.2) is 4.57 Å². The van der Waals surface area contributed by atoms with Crippen molar-refractivity contribution in [3.63, 3.8) is 0 Å². The van der Waals surface area contributed by atoms with Crippen molar-refractivity contribution >= 4 is 28.4 Å². The molecule has 0 aliphatic heterocycles. The summed E-state index contributed by atoms with van der Waals surface area (Å²) in [6, 6.07) is 16.9. The summed E-state index contributed by atoms with van der Waals surface area (Å²) in [7, 11) is 0. The van der Waals surface area contributed by atoms with Crippen LogP contribution >= 0.6 is 0 Å². The Hall–Kier alpha value is -3.74. The van der Waals surface area contributed by atoms with E-state index in [2.05, 4.69) is 10.3 Å². The summed E-state index contributed by atoms with van der Waals surface area (Å²) in [5, 5.41) is 3.29. The first kappa shape index (κ1) is 19.6. The molecule has 0 atom stereocenters. The number of hydrogen-bond donors (Lipinski definition) is 2. The minimum absolute atomic E-state index is 0.223. The zero-order valence-electron chi connectivity index (χ0n) is 16.8. The molecule has 3 heterocycles. The topological polar surface area (TPSA) is 93.4 Å². The summed E-state index contributed by atoms with van der Waals surface area (Å²) in [4.78, 5) is 30.6. The van der Waals surface area contributed by atoms with Crippen molar-refractivity contribution in [3.05, 3.63) is 82.3 Å². The van der Waals surface area contributed by atoms with E-state index < -0.39 is 0 Å². The highest BCUT2D eigenvalue weighted by molar-refractivity contribution is 6.00. The molecule has 30 heavy (non-hydrogen) atoms. The number of nitrogen functional groups attached to an aromatic ring is 1. The van der Waals surface area contributed by atoms with Gasteiger partial charge in [0.2, 0.25) is 11.5 Å². The van der Waals surface area contributed by atoms with Crippen LogP contribution in [0.4, 0.5) is 5.82 Å². The van der Waals surface area contributed by atoms with Crippen LogP contribution in [0, 0.1) is 0 Å². The summed E-state index contributed by atoms with van der Waals surface area (Å²) in [5.41, 5.74) is 8.61. The predicted molar refractivity (Wildman–Crippen MR) is 116 cm³/mol. The number of anilines is 1. The van der Waals surface area contributed by atoms with Crippen LogP contribution in [0.5, 0.6) is 0 Å². The lowest BCUT2D eigenvalue weighted by Gasteiger charge is -2.12. The zero-order chi connectivity index (χ0) is 21.1. The average molecular weight is 402 g/mol. The molecule has 3 aromatic heterocycles. The molecular weight excluding hydrogens is 378 g/mol. The van der Waals surface area contributed by atoms with Gasteiger partial charge >= 0.3 is 0 Å². The monoisotopic (exact) mass is 402 g/mol. The lowest BCUT2D eigenvalue weighted by Crippen LogP contribution is -2.42. The number of carbonyl (C=O) groups excluding carboxylic acids is 1. The third kappa shape index (κ3) is 3.61. The van der Waals surface area contributed by atoms with E-state index >= 15 is 0 Å². The Labute approximate surface area is 173 Å². The molecule has 0 saturated carbocycles. The van der Waals surface area contributed by atoms with Crippen molar-refractivity contribution in [1.29, 1.82) is 0 Å². The van der Waals surface area contributed by atoms with Gasteiger partial charge in [-0.05, 0) is 36.6 Å². The number of nitrogens with two attached hydrogens (primary N) is 1. The van der Waals surface area contributed by atoms with E-state index in [0.29, 0.717) is 47.6 Å². The Balaban J connectivity index is 1.74. The lowest BCUT2D eigenvalue weighted by atomic mass is 10.1. The van der Waals surface area contributed by atoms with E-state index in [1.807, 2.05) is 43.3 Å². The number of hydrogen-bond acceptors (Lipinski definition) is 4. The summed E-state index contributed by atoms with van der Waals surface area (Å²) < 4.78 is 3.24. The van der Waals surface area contributed by atoms with Crippen LogP contribution < -0.4 is 21.2 Å². The van der Waals surface area contributed by atoms with Gasteiger partial charge in [0.15, 0.2) is 0 Å². The summed E-state index contributed by atoms with van der Waals surface area (Å²) in [6.45, 7) is 3.05. The van der Waals surface area contributed by atoms with Crippen LogP contribution in [0.2, 0.25) is 0 Å². The molecule has 0 aliphatic rings. The van der Waals surface area contributed by atoms with E-state index in [9.17, 15) is 9.59 Å². The molecular formula is C23H24N5O2+. The number of aromatic nitrogens is 3. The maximum Gasteiger partial charge on any atom is 0.278 e. The molecule has 0 saturated heterocycles. The quantitative estimate of drug-likeness (QED) is 0.382. The van der Waals surface area contributed by atoms with Gasteiger partial charge in [0.25, 0.3) is 17.1 Å². The number of amides is 1. The van der Waals surface area contributed by atoms with Crippen LogP contribution in [0.25, 0.3) is 16.7 Å². The van der Waals surface area contributed by atoms with Gasteiger partial charge in [0.1, 0.15) is 10.9 Å². The van der Waals surface area contributed by atoms with Crippen LogP contribution in [-0.2, 0) is 13.0 Å². The number of aryl methyl sites for hydroxylation is 1. The molecule has 0 radical (unpaired) electrons. The Bertz CT molecular complexity index is 1280. The fraction of sp³-hybridized carbons (Fsp3) is 0.217. The van der Waals surface area contributed by atoms with Crippen molar-refractivity contribution in [2.45, 2.75) is 26.3 Å². The van der Waals surface area contributed by atoms with Crippen molar-refractivity contribution < 1.29 is 9.36 Å². The highest BCUT2D eigenvalue weighted by Gasteiger charge is 2.23. The third-order valence-electron chi connectivity index (χ3n) is 5.09. The number of fused-ring (bicyclic) bond motifs is 2. The Morgan fingerprint density at radius 3 is 2.70 bits per heavy atom. The van der Waals surface area contributed by atoms with Crippen molar-refractivity contribution in [1.82, 2.24) is 14.7 Å². The van der Waals surface area contributed by atoms with E-state index in [1.54, 1.807) is 29.0 Å². The van der Waals surface area contributed by atoms with Gasteiger partial charge in [-0.1, -0.05) is 48.3 Å². The van der Waals surface area contributed by atoms with Gasteiger partial charge in [0.05, 0.1) is 6.54 Å². The molecule has 0 bridgehead atoms. The van der Waals surface area contributed by atoms with Crippen molar-refractivity contribution in [2.75, 3.05) is 12.3 Å². The number of nitrogens with one attached hydrogen (secondary N) is 1. The molecule has 4 rings (SSSR count). The minimum atomic E-state index is -0.298. The predicted octanol–water partition coefficient (Wildman–Crippen LogP) is 2.10. The Kier molecular flexibility index (Phi) is 5.43. The third-order valence-corrected chi connectivity index (χ3v) is 5.09. The van der Waals surface area contributed by atoms with Gasteiger partial charge in [0, 0.05) is 12.7 Å². The molecule has 1 aromatic carbocycles. The highest BCUT2D eigenvalue weighted by Crippen LogP contribution is 2.15. The first-order valence-corrected chi connectivity index (χ1v) is 10.1. The fourth-order valence-corrected chi connectivity index (χ4v) is 3.59. The summed E-state index contributed by atoms with van der Waals surface area (Å²) >= 11 is 0. The molecule has 0 unspecified atom stereocenters. The molecule has 7 nitrogen and oxygen atoms in total. The second-order valence-corrected chi connectivity index (χ2v) is 7.17. The molecule has 152 valence electrons. The standard InChI is InChI=1S/C23H23N5O2/c1-2-13-28-20(24)17(22(29)25-12-11-16-8-4-3-5-9-16)15-18-21(28)26-19-10-6-7-14-27(19)23(18)30/h3-10,14-15,24H,2,11-13H2,1H3,(H,25,29)/p+1. The summed E-state index contributed by atoms with van der Waals surface area (Å²) in [5.74, 6) is 0.0153. The van der Waals surface area contributed by atoms with Gasteiger partial charge in [-0.2, -0.15) is 0 Å². The molecule has 0 spiro atoms. The van der Waals surface area contributed by atoms with E-state index in [1.165, 1.54) is 4.40 Å². The number of pyridine rings is 2. The smallest absolute Gasteiger partial charge is 0.278 e.